The Bertz CT molecular complexity index is 1180. The molecule has 1 aliphatic carbocycles. The zero-order valence-electron chi connectivity index (χ0n) is 17.8. The van der Waals surface area contributed by atoms with Crippen molar-refractivity contribution in [2.45, 2.75) is 31.3 Å². The second kappa shape index (κ2) is 8.43. The van der Waals surface area contributed by atoms with E-state index in [1.54, 1.807) is 23.0 Å². The van der Waals surface area contributed by atoms with E-state index in [4.69, 9.17) is 10.00 Å². The molecular formula is C22H24N8O2. The van der Waals surface area contributed by atoms with Gasteiger partial charge in [0, 0.05) is 49.9 Å². The smallest absolute Gasteiger partial charge is 0.275 e. The normalized spacial score (nSPS) is 18.0. The Kier molecular flexibility index (Phi) is 5.33. The van der Waals surface area contributed by atoms with Crippen LogP contribution in [0.2, 0.25) is 0 Å². The van der Waals surface area contributed by atoms with Gasteiger partial charge in [0.1, 0.15) is 23.3 Å². The SMILES string of the molecule is Cn1cc2cc(NC(=O)c3cnc(N4CC[C@@H](NC5CC5)C4)cn3)c(OCC#N)cc2n1. The quantitative estimate of drug-likeness (QED) is 0.580. The number of hydrogen-bond acceptors (Lipinski definition) is 8. The van der Waals surface area contributed by atoms with Crippen molar-refractivity contribution in [1.82, 2.24) is 25.1 Å². The topological polar surface area (TPSA) is 121 Å². The number of aromatic nitrogens is 4. The van der Waals surface area contributed by atoms with Gasteiger partial charge in [-0.1, -0.05) is 0 Å². The lowest BCUT2D eigenvalue weighted by Crippen LogP contribution is -2.34. The molecule has 1 aromatic carbocycles. The molecule has 0 bridgehead atoms. The van der Waals surface area contributed by atoms with Crippen LogP contribution in [0.5, 0.6) is 5.75 Å². The molecule has 0 radical (unpaired) electrons. The molecule has 164 valence electrons. The minimum absolute atomic E-state index is 0.137. The summed E-state index contributed by atoms with van der Waals surface area (Å²) in [6.07, 6.45) is 8.61. The minimum Gasteiger partial charge on any atom is -0.476 e. The van der Waals surface area contributed by atoms with E-state index in [1.807, 2.05) is 19.3 Å². The molecule has 32 heavy (non-hydrogen) atoms. The van der Waals surface area contributed by atoms with Crippen LogP contribution in [0, 0.1) is 11.3 Å². The zero-order chi connectivity index (χ0) is 22.1. The fourth-order valence-corrected chi connectivity index (χ4v) is 3.98. The number of benzene rings is 1. The first kappa shape index (κ1) is 20.2. The molecule has 2 fully saturated rings. The van der Waals surface area contributed by atoms with E-state index in [2.05, 4.69) is 30.6 Å². The second-order valence-corrected chi connectivity index (χ2v) is 8.24. The third-order valence-corrected chi connectivity index (χ3v) is 5.69. The summed E-state index contributed by atoms with van der Waals surface area (Å²) in [6.45, 7) is 1.69. The number of carbonyl (C=O) groups is 1. The molecule has 0 spiro atoms. The number of nitrogens with zero attached hydrogens (tertiary/aromatic N) is 6. The molecule has 3 heterocycles. The molecule has 0 unspecified atom stereocenters. The summed E-state index contributed by atoms with van der Waals surface area (Å²) < 4.78 is 7.17. The van der Waals surface area contributed by atoms with Gasteiger partial charge < -0.3 is 20.3 Å². The highest BCUT2D eigenvalue weighted by atomic mass is 16.5. The molecule has 10 heteroatoms. The molecule has 3 aromatic rings. The monoisotopic (exact) mass is 432 g/mol. The first-order valence-corrected chi connectivity index (χ1v) is 10.7. The lowest BCUT2D eigenvalue weighted by atomic mass is 10.2. The Morgan fingerprint density at radius 2 is 2.12 bits per heavy atom. The lowest BCUT2D eigenvalue weighted by molar-refractivity contribution is 0.102. The Hall–Kier alpha value is -3.71. The average molecular weight is 432 g/mol. The van der Waals surface area contributed by atoms with E-state index in [1.165, 1.54) is 19.0 Å². The van der Waals surface area contributed by atoms with Gasteiger partial charge in [-0.25, -0.2) is 9.97 Å². The van der Waals surface area contributed by atoms with Crippen LogP contribution in [0.25, 0.3) is 10.9 Å². The Morgan fingerprint density at radius 3 is 2.88 bits per heavy atom. The van der Waals surface area contributed by atoms with E-state index < -0.39 is 5.91 Å². The van der Waals surface area contributed by atoms with Gasteiger partial charge in [0.25, 0.3) is 5.91 Å². The largest absolute Gasteiger partial charge is 0.476 e. The van der Waals surface area contributed by atoms with Crippen LogP contribution in [-0.4, -0.2) is 57.4 Å². The molecule has 1 saturated heterocycles. The number of fused-ring (bicyclic) bond motifs is 1. The van der Waals surface area contributed by atoms with Gasteiger partial charge in [-0.3, -0.25) is 9.48 Å². The van der Waals surface area contributed by atoms with E-state index in [0.717, 1.165) is 30.7 Å². The number of hydrogen-bond donors (Lipinski definition) is 2. The first-order chi connectivity index (χ1) is 15.6. The van der Waals surface area contributed by atoms with Crippen molar-refractivity contribution in [3.8, 4) is 11.8 Å². The highest BCUT2D eigenvalue weighted by molar-refractivity contribution is 6.04. The van der Waals surface area contributed by atoms with Crippen molar-refractivity contribution < 1.29 is 9.53 Å². The number of aryl methyl sites for hydroxylation is 1. The van der Waals surface area contributed by atoms with E-state index in [-0.39, 0.29) is 12.3 Å². The maximum Gasteiger partial charge on any atom is 0.275 e. The highest BCUT2D eigenvalue weighted by Crippen LogP contribution is 2.30. The fraction of sp³-hybridized carbons (Fsp3) is 0.409. The van der Waals surface area contributed by atoms with Gasteiger partial charge in [0.05, 0.1) is 23.6 Å². The Balaban J connectivity index is 1.29. The lowest BCUT2D eigenvalue weighted by Gasteiger charge is -2.17. The second-order valence-electron chi connectivity index (χ2n) is 8.24. The number of carbonyl (C=O) groups excluding carboxylic acids is 1. The first-order valence-electron chi connectivity index (χ1n) is 10.7. The van der Waals surface area contributed by atoms with Crippen molar-refractivity contribution in [3.63, 3.8) is 0 Å². The van der Waals surface area contributed by atoms with Crippen molar-refractivity contribution in [2.24, 2.45) is 7.05 Å². The van der Waals surface area contributed by atoms with Crippen LogP contribution in [0.4, 0.5) is 11.5 Å². The Labute approximate surface area is 185 Å². The van der Waals surface area contributed by atoms with E-state index in [9.17, 15) is 4.79 Å². The molecule has 1 aliphatic heterocycles. The molecule has 1 atom stereocenters. The van der Waals surface area contributed by atoms with E-state index in [0.29, 0.717) is 29.0 Å². The summed E-state index contributed by atoms with van der Waals surface area (Å²) in [5, 5.41) is 20.5. The number of nitrogens with one attached hydrogen (secondary N) is 2. The number of nitriles is 1. The zero-order valence-corrected chi connectivity index (χ0v) is 17.8. The predicted octanol–water partition coefficient (Wildman–Crippen LogP) is 1.85. The summed E-state index contributed by atoms with van der Waals surface area (Å²) in [5.41, 5.74) is 1.37. The van der Waals surface area contributed by atoms with Crippen molar-refractivity contribution in [1.29, 1.82) is 5.26 Å². The van der Waals surface area contributed by atoms with Crippen molar-refractivity contribution in [3.05, 3.63) is 36.4 Å². The summed E-state index contributed by atoms with van der Waals surface area (Å²) in [7, 11) is 1.82. The van der Waals surface area contributed by atoms with Crippen LogP contribution in [-0.2, 0) is 7.05 Å². The Morgan fingerprint density at radius 1 is 1.25 bits per heavy atom. The van der Waals surface area contributed by atoms with Gasteiger partial charge in [-0.2, -0.15) is 10.4 Å². The molecular weight excluding hydrogens is 408 g/mol. The molecule has 2 aromatic heterocycles. The van der Waals surface area contributed by atoms with Crippen LogP contribution in [0.1, 0.15) is 29.8 Å². The van der Waals surface area contributed by atoms with Gasteiger partial charge >= 0.3 is 0 Å². The van der Waals surface area contributed by atoms with Crippen LogP contribution in [0.15, 0.2) is 30.7 Å². The molecule has 5 rings (SSSR count). The molecule has 10 nitrogen and oxygen atoms in total. The molecule has 2 aliphatic rings. The van der Waals surface area contributed by atoms with Crippen LogP contribution < -0.4 is 20.3 Å². The third-order valence-electron chi connectivity index (χ3n) is 5.69. The van der Waals surface area contributed by atoms with Crippen LogP contribution in [0.3, 0.4) is 0 Å². The maximum absolute atomic E-state index is 12.8. The number of ether oxygens (including phenoxy) is 1. The number of anilines is 2. The molecule has 1 saturated carbocycles. The maximum atomic E-state index is 12.8. The number of rotatable bonds is 7. The van der Waals surface area contributed by atoms with E-state index >= 15 is 0 Å². The highest BCUT2D eigenvalue weighted by Gasteiger charge is 2.29. The standard InChI is InChI=1S/C22H24N8O2/c1-29-12-14-8-18(20(32-7-5-23)9-17(14)28-29)27-22(31)19-10-25-21(11-24-19)30-6-4-16(13-30)26-15-2-3-15/h8-12,15-16,26H,2-4,6-7,13H2,1H3,(H,27,31)/t16-/m1/s1. The van der Waals surface area contributed by atoms with Crippen molar-refractivity contribution in [2.75, 3.05) is 29.9 Å². The number of amides is 1. The average Bonchev–Trinajstić information content (AvgIpc) is 3.35. The summed E-state index contributed by atoms with van der Waals surface area (Å²) in [6, 6.07) is 6.59. The molecule has 2 N–H and O–H groups in total. The minimum atomic E-state index is -0.399. The third kappa shape index (κ3) is 4.33. The fourth-order valence-electron chi connectivity index (χ4n) is 3.98. The molecule has 1 amide bonds. The van der Waals surface area contributed by atoms with Crippen molar-refractivity contribution >= 4 is 28.3 Å². The summed E-state index contributed by atoms with van der Waals surface area (Å²) >= 11 is 0. The summed E-state index contributed by atoms with van der Waals surface area (Å²) in [4.78, 5) is 23.8. The van der Waals surface area contributed by atoms with Gasteiger partial charge in [-0.15, -0.1) is 0 Å². The van der Waals surface area contributed by atoms with Crippen LogP contribution >= 0.6 is 0 Å². The predicted molar refractivity (Wildman–Crippen MR) is 119 cm³/mol. The van der Waals surface area contributed by atoms with Gasteiger partial charge in [0.15, 0.2) is 6.61 Å². The van der Waals surface area contributed by atoms with Gasteiger partial charge in [0.2, 0.25) is 0 Å². The van der Waals surface area contributed by atoms with Gasteiger partial charge in [-0.05, 0) is 25.3 Å². The summed E-state index contributed by atoms with van der Waals surface area (Å²) in [5.74, 6) is 0.752.